The molecule has 1 heterocycles. The van der Waals surface area contributed by atoms with E-state index < -0.39 is 0 Å². The number of halogens is 1. The van der Waals surface area contributed by atoms with E-state index in [2.05, 4.69) is 63.1 Å². The number of nitrogens with zero attached hydrogens (tertiary/aromatic N) is 2. The monoisotopic (exact) mass is 561 g/mol. The predicted molar refractivity (Wildman–Crippen MR) is 147 cm³/mol. The molecule has 3 N–H and O–H groups in total. The molecule has 1 unspecified atom stereocenters. The largest absolute Gasteiger partial charge is 0.372 e. The van der Waals surface area contributed by atoms with Crippen molar-refractivity contribution in [3.05, 3.63) is 59.7 Å². The molecule has 1 aliphatic heterocycles. The molecule has 178 valence electrons. The van der Waals surface area contributed by atoms with Gasteiger partial charge in [0.25, 0.3) is 0 Å². The molecule has 1 saturated heterocycles. The fourth-order valence-corrected chi connectivity index (χ4v) is 4.31. The van der Waals surface area contributed by atoms with Gasteiger partial charge in [-0.25, -0.2) is 0 Å². The molecule has 7 heteroatoms. The van der Waals surface area contributed by atoms with Crippen molar-refractivity contribution in [1.29, 1.82) is 0 Å². The van der Waals surface area contributed by atoms with Gasteiger partial charge in [0.2, 0.25) is 5.91 Å². The Balaban J connectivity index is 0.00000306. The lowest BCUT2D eigenvalue weighted by Gasteiger charge is -2.24. The molecule has 1 aliphatic carbocycles. The number of amides is 1. The number of nitrogens with one attached hydrogen (secondary N) is 3. The van der Waals surface area contributed by atoms with E-state index in [1.54, 1.807) is 7.05 Å². The molecular weight excluding hydrogens is 525 g/mol. The van der Waals surface area contributed by atoms with Gasteiger partial charge in [-0.3, -0.25) is 9.79 Å². The van der Waals surface area contributed by atoms with E-state index in [1.165, 1.54) is 24.1 Å². The number of rotatable bonds is 7. The van der Waals surface area contributed by atoms with Crippen molar-refractivity contribution in [2.45, 2.75) is 51.6 Å². The zero-order valence-electron chi connectivity index (χ0n) is 19.6. The number of anilines is 2. The second kappa shape index (κ2) is 12.3. The Hall–Kier alpha value is -2.29. The summed E-state index contributed by atoms with van der Waals surface area (Å²) in [7, 11) is 1.79. The molecule has 0 spiro atoms. The highest BCUT2D eigenvalue weighted by Gasteiger charge is 2.25. The fraction of sp³-hybridized carbons (Fsp3) is 0.462. The van der Waals surface area contributed by atoms with Crippen molar-refractivity contribution in [3.63, 3.8) is 0 Å². The third kappa shape index (κ3) is 6.85. The van der Waals surface area contributed by atoms with Crippen molar-refractivity contribution >= 4 is 47.2 Å². The smallest absolute Gasteiger partial charge is 0.227 e. The zero-order valence-corrected chi connectivity index (χ0v) is 22.0. The number of carbonyl (C=O) groups excluding carboxylic acids is 1. The Morgan fingerprint density at radius 3 is 2.55 bits per heavy atom. The van der Waals surface area contributed by atoms with E-state index >= 15 is 0 Å². The number of carbonyl (C=O) groups is 1. The Bertz CT molecular complexity index is 953. The lowest BCUT2D eigenvalue weighted by atomic mass is 9.85. The average Bonchev–Trinajstić information content (AvgIpc) is 3.30. The Labute approximate surface area is 214 Å². The number of guanidine groups is 1. The summed E-state index contributed by atoms with van der Waals surface area (Å²) in [6.45, 7) is 5.09. The first kappa shape index (κ1) is 25.3. The van der Waals surface area contributed by atoms with Crippen LogP contribution in [0.4, 0.5) is 11.4 Å². The van der Waals surface area contributed by atoms with Gasteiger partial charge in [0.15, 0.2) is 5.96 Å². The molecule has 2 fully saturated rings. The van der Waals surface area contributed by atoms with Crippen molar-refractivity contribution < 1.29 is 4.79 Å². The van der Waals surface area contributed by atoms with Gasteiger partial charge in [0.05, 0.1) is 6.04 Å². The zero-order chi connectivity index (χ0) is 22.3. The summed E-state index contributed by atoms with van der Waals surface area (Å²) in [4.78, 5) is 19.1. The summed E-state index contributed by atoms with van der Waals surface area (Å²) in [6.07, 6.45) is 5.73. The first-order valence-corrected chi connectivity index (χ1v) is 11.8. The van der Waals surface area contributed by atoms with Crippen LogP contribution in [0.15, 0.2) is 53.5 Å². The minimum Gasteiger partial charge on any atom is -0.372 e. The summed E-state index contributed by atoms with van der Waals surface area (Å²) in [6, 6.07) is 16.9. The minimum atomic E-state index is 0. The first-order chi connectivity index (χ1) is 15.6. The van der Waals surface area contributed by atoms with Gasteiger partial charge >= 0.3 is 0 Å². The lowest BCUT2D eigenvalue weighted by Crippen LogP contribution is -2.38. The number of hydrogen-bond acceptors (Lipinski definition) is 3. The van der Waals surface area contributed by atoms with Gasteiger partial charge < -0.3 is 20.9 Å². The average molecular weight is 562 g/mol. The van der Waals surface area contributed by atoms with E-state index in [1.807, 2.05) is 18.2 Å². The van der Waals surface area contributed by atoms with E-state index in [9.17, 15) is 4.79 Å². The molecule has 6 nitrogen and oxygen atoms in total. The molecule has 0 radical (unpaired) electrons. The molecule has 0 aromatic heterocycles. The summed E-state index contributed by atoms with van der Waals surface area (Å²) in [5, 5.41) is 9.95. The van der Waals surface area contributed by atoms with Crippen LogP contribution in [0.5, 0.6) is 0 Å². The van der Waals surface area contributed by atoms with E-state index in [0.717, 1.165) is 49.6 Å². The topological polar surface area (TPSA) is 68.8 Å². The Morgan fingerprint density at radius 2 is 1.85 bits per heavy atom. The second-order valence-electron chi connectivity index (χ2n) is 8.90. The highest BCUT2D eigenvalue weighted by molar-refractivity contribution is 14.0. The standard InChI is InChI=1S/C26H35N5O.HI/c1-19(22-11-7-13-24(17-22)31-14-3-4-15-31)29-26(27-2)28-18-20-8-5-12-23(16-20)30-25(32)21-9-6-10-21;/h5,7-8,11-13,16-17,19,21H,3-4,6,9-10,14-15,18H2,1-2H3,(H,30,32)(H2,27,28,29);1H. The molecule has 1 saturated carbocycles. The molecule has 0 bridgehead atoms. The summed E-state index contributed by atoms with van der Waals surface area (Å²) in [5.41, 5.74) is 4.51. The third-order valence-electron chi connectivity index (χ3n) is 6.55. The molecular formula is C26H36IN5O. The van der Waals surface area contributed by atoms with Crippen LogP contribution in [0.2, 0.25) is 0 Å². The number of benzene rings is 2. The minimum absolute atomic E-state index is 0. The van der Waals surface area contributed by atoms with Gasteiger partial charge in [-0.15, -0.1) is 24.0 Å². The molecule has 4 rings (SSSR count). The maximum atomic E-state index is 12.2. The van der Waals surface area contributed by atoms with Crippen LogP contribution in [0.3, 0.4) is 0 Å². The highest BCUT2D eigenvalue weighted by atomic mass is 127. The maximum absolute atomic E-state index is 12.2. The van der Waals surface area contributed by atoms with Crippen LogP contribution in [0.1, 0.15) is 56.2 Å². The van der Waals surface area contributed by atoms with Crippen molar-refractivity contribution in [1.82, 2.24) is 10.6 Å². The molecule has 2 aromatic carbocycles. The van der Waals surface area contributed by atoms with E-state index in [-0.39, 0.29) is 41.8 Å². The molecule has 1 atom stereocenters. The third-order valence-corrected chi connectivity index (χ3v) is 6.55. The molecule has 1 amide bonds. The lowest BCUT2D eigenvalue weighted by molar-refractivity contribution is -0.122. The van der Waals surface area contributed by atoms with E-state index in [0.29, 0.717) is 6.54 Å². The van der Waals surface area contributed by atoms with Crippen molar-refractivity contribution in [2.75, 3.05) is 30.4 Å². The Morgan fingerprint density at radius 1 is 1.09 bits per heavy atom. The maximum Gasteiger partial charge on any atom is 0.227 e. The quantitative estimate of drug-likeness (QED) is 0.251. The number of aliphatic imine (C=N–C) groups is 1. The molecule has 33 heavy (non-hydrogen) atoms. The second-order valence-corrected chi connectivity index (χ2v) is 8.90. The Kier molecular flexibility index (Phi) is 9.41. The van der Waals surface area contributed by atoms with Crippen LogP contribution in [0, 0.1) is 5.92 Å². The van der Waals surface area contributed by atoms with Gasteiger partial charge in [-0.05, 0) is 68.0 Å². The summed E-state index contributed by atoms with van der Waals surface area (Å²) in [5.74, 6) is 1.09. The van der Waals surface area contributed by atoms with Gasteiger partial charge in [0.1, 0.15) is 0 Å². The van der Waals surface area contributed by atoms with E-state index in [4.69, 9.17) is 0 Å². The SMILES string of the molecule is CN=C(NCc1cccc(NC(=O)C2CCC2)c1)NC(C)c1cccc(N2CCCC2)c1.I. The number of hydrogen-bond donors (Lipinski definition) is 3. The van der Waals surface area contributed by atoms with Crippen LogP contribution < -0.4 is 20.9 Å². The van der Waals surface area contributed by atoms with Crippen LogP contribution in [-0.4, -0.2) is 32.0 Å². The normalized spacial score (nSPS) is 17.0. The van der Waals surface area contributed by atoms with Crippen molar-refractivity contribution in [3.8, 4) is 0 Å². The predicted octanol–water partition coefficient (Wildman–Crippen LogP) is 5.07. The van der Waals surface area contributed by atoms with Crippen LogP contribution in [-0.2, 0) is 11.3 Å². The summed E-state index contributed by atoms with van der Waals surface area (Å²) < 4.78 is 0. The van der Waals surface area contributed by atoms with Crippen LogP contribution in [0.25, 0.3) is 0 Å². The van der Waals surface area contributed by atoms with Crippen LogP contribution >= 0.6 is 24.0 Å². The first-order valence-electron chi connectivity index (χ1n) is 11.8. The van der Waals surface area contributed by atoms with Gasteiger partial charge in [-0.1, -0.05) is 30.7 Å². The highest BCUT2D eigenvalue weighted by Crippen LogP contribution is 2.28. The molecule has 2 aromatic rings. The summed E-state index contributed by atoms with van der Waals surface area (Å²) >= 11 is 0. The fourth-order valence-electron chi connectivity index (χ4n) is 4.31. The van der Waals surface area contributed by atoms with Crippen molar-refractivity contribution in [2.24, 2.45) is 10.9 Å². The van der Waals surface area contributed by atoms with Gasteiger partial charge in [0, 0.05) is 44.0 Å². The molecule has 2 aliphatic rings. The van der Waals surface area contributed by atoms with Gasteiger partial charge in [-0.2, -0.15) is 0 Å².